The summed E-state index contributed by atoms with van der Waals surface area (Å²) in [7, 11) is 0. The van der Waals surface area contributed by atoms with Gasteiger partial charge in [-0.25, -0.2) is 9.78 Å². The average molecular weight is 487 g/mol. The summed E-state index contributed by atoms with van der Waals surface area (Å²) in [6.45, 7) is 12.1. The number of carbonyl (C=O) groups excluding carboxylic acids is 3. The Morgan fingerprint density at radius 2 is 1.91 bits per heavy atom. The molecule has 1 saturated heterocycles. The van der Waals surface area contributed by atoms with Crippen molar-refractivity contribution in [3.05, 3.63) is 34.6 Å². The van der Waals surface area contributed by atoms with E-state index in [4.69, 9.17) is 15.2 Å². The molecule has 35 heavy (non-hydrogen) atoms. The van der Waals surface area contributed by atoms with Gasteiger partial charge in [0.1, 0.15) is 36.0 Å². The van der Waals surface area contributed by atoms with Gasteiger partial charge >= 0.3 is 6.09 Å². The molecule has 0 aromatic carbocycles. The highest BCUT2D eigenvalue weighted by molar-refractivity contribution is 6.10. The number of primary amides is 1. The van der Waals surface area contributed by atoms with E-state index in [2.05, 4.69) is 15.3 Å². The number of ether oxygens (including phenoxy) is 2. The maximum absolute atomic E-state index is 13.2. The van der Waals surface area contributed by atoms with Crippen LogP contribution in [0.1, 0.15) is 73.0 Å². The molecule has 0 unspecified atom stereocenters. The number of nitrogens with two attached hydrogens (primary N) is 1. The van der Waals surface area contributed by atoms with E-state index in [-0.39, 0.29) is 30.5 Å². The predicted molar refractivity (Wildman–Crippen MR) is 132 cm³/mol. The number of rotatable bonds is 8. The molecule has 0 atom stereocenters. The SMILES string of the molecule is CCCOc1ncc(C)cc1C(=O)Nc1c(C(N)=O)[nH]c(N2CN(C(=O)OC(C)(C)C)C2)c1CC. The van der Waals surface area contributed by atoms with Crippen molar-refractivity contribution in [3.63, 3.8) is 0 Å². The van der Waals surface area contributed by atoms with Gasteiger partial charge in [-0.2, -0.15) is 0 Å². The van der Waals surface area contributed by atoms with Gasteiger partial charge in [0.15, 0.2) is 0 Å². The molecule has 0 bridgehead atoms. The molecule has 3 amide bonds. The van der Waals surface area contributed by atoms with Crippen LogP contribution in [0.15, 0.2) is 12.3 Å². The van der Waals surface area contributed by atoms with Crippen LogP contribution in [0.4, 0.5) is 16.3 Å². The summed E-state index contributed by atoms with van der Waals surface area (Å²) in [5, 5.41) is 2.84. The molecule has 1 aliphatic rings. The number of H-pyrrole nitrogens is 1. The molecule has 2 aromatic rings. The van der Waals surface area contributed by atoms with Gasteiger partial charge in [0, 0.05) is 11.8 Å². The number of aromatic amines is 1. The second-order valence-electron chi connectivity index (χ2n) is 9.43. The Bertz CT molecular complexity index is 1110. The van der Waals surface area contributed by atoms with Crippen LogP contribution >= 0.6 is 0 Å². The zero-order valence-corrected chi connectivity index (χ0v) is 21.2. The molecule has 3 rings (SSSR count). The number of aryl methyl sites for hydroxylation is 1. The van der Waals surface area contributed by atoms with Crippen molar-refractivity contribution in [2.45, 2.75) is 60.0 Å². The number of carbonyl (C=O) groups is 3. The van der Waals surface area contributed by atoms with Crippen molar-refractivity contribution in [3.8, 4) is 5.88 Å². The monoisotopic (exact) mass is 486 g/mol. The van der Waals surface area contributed by atoms with Gasteiger partial charge in [-0.15, -0.1) is 0 Å². The fourth-order valence-electron chi connectivity index (χ4n) is 3.63. The first kappa shape index (κ1) is 25.9. The topological polar surface area (TPSA) is 143 Å². The first-order valence-corrected chi connectivity index (χ1v) is 11.6. The summed E-state index contributed by atoms with van der Waals surface area (Å²) >= 11 is 0. The van der Waals surface area contributed by atoms with Gasteiger partial charge in [0.05, 0.1) is 12.3 Å². The number of nitrogens with zero attached hydrogens (tertiary/aromatic N) is 3. The van der Waals surface area contributed by atoms with E-state index < -0.39 is 23.5 Å². The molecule has 3 heterocycles. The lowest BCUT2D eigenvalue weighted by atomic mass is 10.1. The molecule has 4 N–H and O–H groups in total. The molecule has 0 aliphatic carbocycles. The summed E-state index contributed by atoms with van der Waals surface area (Å²) < 4.78 is 11.0. The van der Waals surface area contributed by atoms with Crippen LogP contribution in [0.3, 0.4) is 0 Å². The summed E-state index contributed by atoms with van der Waals surface area (Å²) in [4.78, 5) is 48.5. The Hall–Kier alpha value is -3.76. The smallest absolute Gasteiger partial charge is 0.413 e. The minimum absolute atomic E-state index is 0.0811. The molecular weight excluding hydrogens is 452 g/mol. The summed E-state index contributed by atoms with van der Waals surface area (Å²) in [6.07, 6.45) is 2.47. The molecule has 1 aliphatic heterocycles. The van der Waals surface area contributed by atoms with E-state index in [0.717, 1.165) is 12.0 Å². The zero-order chi connectivity index (χ0) is 25.9. The Balaban J connectivity index is 1.87. The quantitative estimate of drug-likeness (QED) is 0.519. The van der Waals surface area contributed by atoms with E-state index >= 15 is 0 Å². The molecule has 0 radical (unpaired) electrons. The van der Waals surface area contributed by atoms with Crippen LogP contribution in [0.25, 0.3) is 0 Å². The van der Waals surface area contributed by atoms with Gasteiger partial charge < -0.3 is 30.4 Å². The molecule has 2 aromatic heterocycles. The molecule has 11 nitrogen and oxygen atoms in total. The van der Waals surface area contributed by atoms with Crippen LogP contribution in [-0.2, 0) is 11.2 Å². The minimum Gasteiger partial charge on any atom is -0.477 e. The van der Waals surface area contributed by atoms with Gasteiger partial charge in [-0.05, 0) is 52.2 Å². The lowest BCUT2D eigenvalue weighted by Crippen LogP contribution is -2.59. The summed E-state index contributed by atoms with van der Waals surface area (Å²) in [6, 6.07) is 1.69. The van der Waals surface area contributed by atoms with Crippen LogP contribution in [0, 0.1) is 6.92 Å². The standard InChI is InChI=1S/C24H34N6O5/c1-7-9-34-22-16(10-14(3)11-26-22)21(32)28-17-15(8-2)20(27-18(17)19(25)31)29-12-30(13-29)23(33)35-24(4,5)6/h10-11,27H,7-9,12-13H2,1-6H3,(H2,25,31)(H,28,32). The highest BCUT2D eigenvalue weighted by Crippen LogP contribution is 2.35. The number of hydrogen-bond donors (Lipinski definition) is 3. The highest BCUT2D eigenvalue weighted by Gasteiger charge is 2.35. The zero-order valence-electron chi connectivity index (χ0n) is 21.2. The van der Waals surface area contributed by atoms with Gasteiger partial charge in [-0.3, -0.25) is 14.5 Å². The molecule has 0 spiro atoms. The fourth-order valence-corrected chi connectivity index (χ4v) is 3.63. The second-order valence-corrected chi connectivity index (χ2v) is 9.43. The first-order valence-electron chi connectivity index (χ1n) is 11.6. The Morgan fingerprint density at radius 1 is 1.23 bits per heavy atom. The van der Waals surface area contributed by atoms with Crippen LogP contribution in [0.5, 0.6) is 5.88 Å². The summed E-state index contributed by atoms with van der Waals surface area (Å²) in [5.74, 6) is -0.342. The van der Waals surface area contributed by atoms with Crippen LogP contribution in [0.2, 0.25) is 0 Å². The largest absolute Gasteiger partial charge is 0.477 e. The van der Waals surface area contributed by atoms with E-state index in [1.165, 1.54) is 4.90 Å². The highest BCUT2D eigenvalue weighted by atomic mass is 16.6. The number of amides is 3. The lowest BCUT2D eigenvalue weighted by molar-refractivity contribution is 0.0135. The van der Waals surface area contributed by atoms with Crippen molar-refractivity contribution >= 4 is 29.4 Å². The number of aromatic nitrogens is 2. The van der Waals surface area contributed by atoms with Crippen molar-refractivity contribution in [2.24, 2.45) is 5.73 Å². The maximum atomic E-state index is 13.2. The minimum atomic E-state index is -0.712. The van der Waals surface area contributed by atoms with Crippen molar-refractivity contribution in [1.29, 1.82) is 0 Å². The van der Waals surface area contributed by atoms with Crippen LogP contribution < -0.4 is 20.7 Å². The van der Waals surface area contributed by atoms with Gasteiger partial charge in [-0.1, -0.05) is 13.8 Å². The Labute approximate surface area is 205 Å². The number of hydrogen-bond acceptors (Lipinski definition) is 7. The van der Waals surface area contributed by atoms with E-state index in [1.807, 2.05) is 25.7 Å². The first-order chi connectivity index (χ1) is 16.4. The number of nitrogens with one attached hydrogen (secondary N) is 2. The third-order valence-electron chi connectivity index (χ3n) is 5.25. The van der Waals surface area contributed by atoms with Crippen LogP contribution in [-0.4, -0.2) is 58.3 Å². The van der Waals surface area contributed by atoms with Crippen molar-refractivity contribution in [1.82, 2.24) is 14.9 Å². The lowest BCUT2D eigenvalue weighted by Gasteiger charge is -2.43. The molecule has 11 heteroatoms. The Kier molecular flexibility index (Phi) is 7.57. The summed E-state index contributed by atoms with van der Waals surface area (Å²) in [5.41, 5.74) is 7.17. The van der Waals surface area contributed by atoms with Crippen molar-refractivity contribution < 1.29 is 23.9 Å². The predicted octanol–water partition coefficient (Wildman–Crippen LogP) is 3.39. The maximum Gasteiger partial charge on any atom is 0.413 e. The second kappa shape index (κ2) is 10.2. The Morgan fingerprint density at radius 3 is 2.49 bits per heavy atom. The van der Waals surface area contributed by atoms with Gasteiger partial charge in [0.2, 0.25) is 5.88 Å². The van der Waals surface area contributed by atoms with E-state index in [0.29, 0.717) is 30.1 Å². The van der Waals surface area contributed by atoms with E-state index in [1.54, 1.807) is 33.0 Å². The average Bonchev–Trinajstić information content (AvgIpc) is 3.08. The number of anilines is 2. The normalized spacial score (nSPS) is 13.3. The van der Waals surface area contributed by atoms with E-state index in [9.17, 15) is 14.4 Å². The fraction of sp³-hybridized carbons (Fsp3) is 0.500. The van der Waals surface area contributed by atoms with Gasteiger partial charge in [0.25, 0.3) is 11.8 Å². The third-order valence-corrected chi connectivity index (χ3v) is 5.25. The molecular formula is C24H34N6O5. The number of pyridine rings is 1. The third kappa shape index (κ3) is 5.84. The van der Waals surface area contributed by atoms with Crippen molar-refractivity contribution in [2.75, 3.05) is 30.2 Å². The molecule has 0 saturated carbocycles. The molecule has 190 valence electrons. The molecule has 1 fully saturated rings.